The van der Waals surface area contributed by atoms with Crippen LogP contribution in [0.4, 0.5) is 5.69 Å². The molecule has 160 valence electrons. The molecule has 2 aromatic rings. The van der Waals surface area contributed by atoms with E-state index in [9.17, 15) is 19.7 Å². The van der Waals surface area contributed by atoms with E-state index in [1.807, 2.05) is 25.1 Å². The minimum absolute atomic E-state index is 0.146. The Hall–Kier alpha value is -2.87. The Morgan fingerprint density at radius 2 is 1.90 bits per heavy atom. The number of hydrogen-bond donors (Lipinski definition) is 1. The number of nitrogens with one attached hydrogen (secondary N) is 1. The molecule has 0 fully saturated rings. The Balaban J connectivity index is 2.07. The fourth-order valence-electron chi connectivity index (χ4n) is 2.96. The van der Waals surface area contributed by atoms with E-state index in [4.69, 9.17) is 4.74 Å². The number of nitrogens with zero attached hydrogens (tertiary/aromatic N) is 1. The molecule has 0 aromatic heterocycles. The molecule has 0 aliphatic carbocycles. The number of nitro benzene ring substituents is 1. The first-order valence-electron chi connectivity index (χ1n) is 9.61. The van der Waals surface area contributed by atoms with E-state index in [1.54, 1.807) is 32.0 Å². The van der Waals surface area contributed by atoms with Gasteiger partial charge in [0.2, 0.25) is 5.91 Å². The van der Waals surface area contributed by atoms with Gasteiger partial charge in [-0.2, -0.15) is 0 Å². The molecule has 0 saturated heterocycles. The van der Waals surface area contributed by atoms with Crippen molar-refractivity contribution in [2.24, 2.45) is 0 Å². The van der Waals surface area contributed by atoms with Crippen LogP contribution in [0.15, 0.2) is 48.5 Å². The Bertz CT molecular complexity index is 901. The second-order valence-corrected chi connectivity index (χ2v) is 8.15. The zero-order valence-electron chi connectivity index (χ0n) is 17.3. The number of aryl methyl sites for hydroxylation is 1. The average Bonchev–Trinajstić information content (AvgIpc) is 2.67. The molecule has 30 heavy (non-hydrogen) atoms. The summed E-state index contributed by atoms with van der Waals surface area (Å²) >= 11 is 1.44. The van der Waals surface area contributed by atoms with E-state index in [0.717, 1.165) is 11.1 Å². The summed E-state index contributed by atoms with van der Waals surface area (Å²) in [5, 5.41) is 14.2. The Morgan fingerprint density at radius 1 is 1.17 bits per heavy atom. The normalized spacial score (nSPS) is 11.7. The van der Waals surface area contributed by atoms with Crippen molar-refractivity contribution in [2.75, 3.05) is 5.75 Å². The van der Waals surface area contributed by atoms with E-state index in [2.05, 4.69) is 11.4 Å². The van der Waals surface area contributed by atoms with Gasteiger partial charge in [0.15, 0.2) is 0 Å². The van der Waals surface area contributed by atoms with Crippen molar-refractivity contribution in [1.29, 1.82) is 0 Å². The van der Waals surface area contributed by atoms with Gasteiger partial charge in [-0.1, -0.05) is 48.0 Å². The summed E-state index contributed by atoms with van der Waals surface area (Å²) in [6.45, 7) is 5.45. The molecule has 7 nitrogen and oxygen atoms in total. The molecule has 0 aliphatic rings. The van der Waals surface area contributed by atoms with E-state index < -0.39 is 16.9 Å². The molecule has 1 unspecified atom stereocenters. The van der Waals surface area contributed by atoms with Gasteiger partial charge in [0.05, 0.1) is 34.8 Å². The zero-order chi connectivity index (χ0) is 22.1. The van der Waals surface area contributed by atoms with Crippen LogP contribution in [0.2, 0.25) is 0 Å². The summed E-state index contributed by atoms with van der Waals surface area (Å²) in [6.07, 6.45) is -0.498. The SMILES string of the molecule is Cc1cccc(CSCC(=O)NC(CC(=O)OC(C)C)c2ccccc2[N+](=O)[O-])c1. The van der Waals surface area contributed by atoms with Gasteiger partial charge in [0.1, 0.15) is 0 Å². The highest BCUT2D eigenvalue weighted by atomic mass is 32.2. The first kappa shape index (κ1) is 23.4. The van der Waals surface area contributed by atoms with Crippen molar-refractivity contribution in [3.8, 4) is 0 Å². The third-order valence-electron chi connectivity index (χ3n) is 4.17. The number of carbonyl (C=O) groups is 2. The van der Waals surface area contributed by atoms with Crippen LogP contribution in [0.1, 0.15) is 43.0 Å². The van der Waals surface area contributed by atoms with Crippen molar-refractivity contribution in [3.05, 3.63) is 75.3 Å². The fourth-order valence-corrected chi connectivity index (χ4v) is 3.75. The van der Waals surface area contributed by atoms with Gasteiger partial charge < -0.3 is 10.1 Å². The number of amides is 1. The van der Waals surface area contributed by atoms with Crippen LogP contribution in [0, 0.1) is 17.0 Å². The molecular weight excluding hydrogens is 404 g/mol. The summed E-state index contributed by atoms with van der Waals surface area (Å²) < 4.78 is 5.17. The highest BCUT2D eigenvalue weighted by Crippen LogP contribution is 2.28. The molecule has 8 heteroatoms. The molecule has 0 heterocycles. The standard InChI is InChI=1S/C22H26N2O5S/c1-15(2)29-22(26)12-19(18-9-4-5-10-20(18)24(27)28)23-21(25)14-30-13-17-8-6-7-16(3)11-17/h4-11,15,19H,12-14H2,1-3H3,(H,23,25). The second-order valence-electron chi connectivity index (χ2n) is 7.16. The van der Waals surface area contributed by atoms with Gasteiger partial charge in [-0.3, -0.25) is 19.7 Å². The third-order valence-corrected chi connectivity index (χ3v) is 5.17. The topological polar surface area (TPSA) is 98.5 Å². The third kappa shape index (κ3) is 7.51. The Labute approximate surface area is 180 Å². The molecule has 0 radical (unpaired) electrons. The molecule has 0 saturated carbocycles. The number of ether oxygens (including phenoxy) is 1. The molecular formula is C22H26N2O5S. The summed E-state index contributed by atoms with van der Waals surface area (Å²) in [5.74, 6) is 0.0133. The number of benzene rings is 2. The second kappa shape index (κ2) is 11.3. The Kier molecular flexibility index (Phi) is 8.86. The largest absolute Gasteiger partial charge is 0.463 e. The van der Waals surface area contributed by atoms with Crippen molar-refractivity contribution in [2.45, 2.75) is 45.1 Å². The number of hydrogen-bond acceptors (Lipinski definition) is 6. The zero-order valence-corrected chi connectivity index (χ0v) is 18.1. The van der Waals surface area contributed by atoms with Gasteiger partial charge in [-0.05, 0) is 26.3 Å². The number of thioether (sulfide) groups is 1. The molecule has 1 N–H and O–H groups in total. The van der Waals surface area contributed by atoms with Gasteiger partial charge in [-0.25, -0.2) is 0 Å². The number of rotatable bonds is 10. The Morgan fingerprint density at radius 3 is 2.57 bits per heavy atom. The molecule has 2 rings (SSSR count). The molecule has 1 atom stereocenters. The lowest BCUT2D eigenvalue weighted by Gasteiger charge is -2.19. The smallest absolute Gasteiger partial charge is 0.308 e. The summed E-state index contributed by atoms with van der Waals surface area (Å²) in [6, 6.07) is 13.3. The van der Waals surface area contributed by atoms with Crippen LogP contribution >= 0.6 is 11.8 Å². The van der Waals surface area contributed by atoms with Crippen LogP contribution in [0.5, 0.6) is 0 Å². The number of esters is 1. The molecule has 1 amide bonds. The van der Waals surface area contributed by atoms with E-state index >= 15 is 0 Å². The summed E-state index contributed by atoms with van der Waals surface area (Å²) in [7, 11) is 0. The quantitative estimate of drug-likeness (QED) is 0.342. The van der Waals surface area contributed by atoms with Crippen molar-refractivity contribution in [1.82, 2.24) is 5.32 Å². The first-order valence-corrected chi connectivity index (χ1v) is 10.8. The van der Waals surface area contributed by atoms with Crippen LogP contribution in [0.3, 0.4) is 0 Å². The highest BCUT2D eigenvalue weighted by molar-refractivity contribution is 7.99. The van der Waals surface area contributed by atoms with E-state index in [1.165, 1.54) is 17.8 Å². The van der Waals surface area contributed by atoms with Gasteiger partial charge in [0, 0.05) is 11.8 Å². The van der Waals surface area contributed by atoms with Crippen LogP contribution in [-0.2, 0) is 20.1 Å². The predicted octanol–water partition coefficient (Wildman–Crippen LogP) is 4.34. The van der Waals surface area contributed by atoms with Crippen molar-refractivity contribution >= 4 is 29.3 Å². The molecule has 0 bridgehead atoms. The van der Waals surface area contributed by atoms with Crippen LogP contribution in [-0.4, -0.2) is 28.7 Å². The maximum atomic E-state index is 12.5. The minimum atomic E-state index is -0.843. The molecule has 0 spiro atoms. The lowest BCUT2D eigenvalue weighted by Crippen LogP contribution is -2.32. The predicted molar refractivity (Wildman–Crippen MR) is 117 cm³/mol. The summed E-state index contributed by atoms with van der Waals surface area (Å²) in [5.41, 5.74) is 2.40. The van der Waals surface area contributed by atoms with E-state index in [0.29, 0.717) is 5.75 Å². The number of carbonyl (C=O) groups excluding carboxylic acids is 2. The van der Waals surface area contributed by atoms with Gasteiger partial charge in [-0.15, -0.1) is 11.8 Å². The highest BCUT2D eigenvalue weighted by Gasteiger charge is 2.26. The molecule has 2 aromatic carbocycles. The lowest BCUT2D eigenvalue weighted by atomic mass is 10.0. The van der Waals surface area contributed by atoms with Gasteiger partial charge >= 0.3 is 5.97 Å². The van der Waals surface area contributed by atoms with Crippen LogP contribution < -0.4 is 5.32 Å². The lowest BCUT2D eigenvalue weighted by molar-refractivity contribution is -0.385. The van der Waals surface area contributed by atoms with Crippen molar-refractivity contribution in [3.63, 3.8) is 0 Å². The average molecular weight is 431 g/mol. The van der Waals surface area contributed by atoms with Gasteiger partial charge in [0.25, 0.3) is 5.69 Å². The molecule has 0 aliphatic heterocycles. The number of nitro groups is 1. The number of para-hydroxylation sites is 1. The van der Waals surface area contributed by atoms with E-state index in [-0.39, 0.29) is 35.4 Å². The first-order chi connectivity index (χ1) is 14.3. The monoisotopic (exact) mass is 430 g/mol. The fraction of sp³-hybridized carbons (Fsp3) is 0.364. The van der Waals surface area contributed by atoms with Crippen LogP contribution in [0.25, 0.3) is 0 Å². The minimum Gasteiger partial charge on any atom is -0.463 e. The summed E-state index contributed by atoms with van der Waals surface area (Å²) in [4.78, 5) is 35.6. The maximum Gasteiger partial charge on any atom is 0.308 e. The van der Waals surface area contributed by atoms with Crippen molar-refractivity contribution < 1.29 is 19.2 Å². The maximum absolute atomic E-state index is 12.5.